The molecule has 166 valence electrons. The van der Waals surface area contributed by atoms with E-state index < -0.39 is 6.04 Å². The van der Waals surface area contributed by atoms with Gasteiger partial charge in [-0.15, -0.1) is 0 Å². The number of nitrogens with zero attached hydrogens (tertiary/aromatic N) is 1. The predicted molar refractivity (Wildman–Crippen MR) is 125 cm³/mol. The quantitative estimate of drug-likeness (QED) is 0.676. The molecule has 2 aromatic carbocycles. The molecule has 1 aliphatic rings. The Hall–Kier alpha value is -2.66. The lowest BCUT2D eigenvalue weighted by Gasteiger charge is -2.26. The molecule has 0 radical (unpaired) electrons. The maximum atomic E-state index is 12.8. The van der Waals surface area contributed by atoms with E-state index in [4.69, 9.17) is 0 Å². The van der Waals surface area contributed by atoms with E-state index in [0.717, 1.165) is 17.7 Å². The van der Waals surface area contributed by atoms with Gasteiger partial charge >= 0.3 is 0 Å². The zero-order chi connectivity index (χ0) is 22.2. The Labute approximate surface area is 186 Å². The van der Waals surface area contributed by atoms with Crippen LogP contribution >= 0.6 is 0 Å². The third-order valence-electron chi connectivity index (χ3n) is 5.89. The number of hydrogen-bond acceptors (Lipinski definition) is 3. The SMILES string of the molecule is Cc1ccc(C(=O)N[C@H](C(=O)NCc2ccc(CN3CCCCC3)cc2)C(C)C)cc1. The maximum absolute atomic E-state index is 12.8. The highest BCUT2D eigenvalue weighted by atomic mass is 16.2. The maximum Gasteiger partial charge on any atom is 0.251 e. The molecule has 31 heavy (non-hydrogen) atoms. The zero-order valence-corrected chi connectivity index (χ0v) is 19.0. The average molecular weight is 422 g/mol. The number of amides is 2. The van der Waals surface area contributed by atoms with Gasteiger partial charge in [-0.25, -0.2) is 0 Å². The summed E-state index contributed by atoms with van der Waals surface area (Å²) in [5.74, 6) is -0.398. The highest BCUT2D eigenvalue weighted by Gasteiger charge is 2.24. The van der Waals surface area contributed by atoms with Gasteiger partial charge in [0.25, 0.3) is 5.91 Å². The van der Waals surface area contributed by atoms with Crippen LogP contribution in [0.3, 0.4) is 0 Å². The van der Waals surface area contributed by atoms with Crippen LogP contribution in [0.1, 0.15) is 60.2 Å². The minimum absolute atomic E-state index is 0.0127. The Morgan fingerprint density at radius 3 is 2.13 bits per heavy atom. The van der Waals surface area contributed by atoms with E-state index in [2.05, 4.69) is 39.8 Å². The van der Waals surface area contributed by atoms with Crippen LogP contribution in [0.15, 0.2) is 48.5 Å². The van der Waals surface area contributed by atoms with Crippen LogP contribution in [0, 0.1) is 12.8 Å². The molecule has 1 atom stereocenters. The fourth-order valence-corrected chi connectivity index (χ4v) is 3.90. The predicted octanol–water partition coefficient (Wildman–Crippen LogP) is 4.05. The normalized spacial score (nSPS) is 15.5. The smallest absolute Gasteiger partial charge is 0.251 e. The van der Waals surface area contributed by atoms with Crippen molar-refractivity contribution in [3.8, 4) is 0 Å². The van der Waals surface area contributed by atoms with Crippen molar-refractivity contribution in [2.45, 2.75) is 59.2 Å². The third-order valence-corrected chi connectivity index (χ3v) is 5.89. The number of piperidine rings is 1. The highest BCUT2D eigenvalue weighted by Crippen LogP contribution is 2.14. The van der Waals surface area contributed by atoms with Crippen LogP contribution in [-0.4, -0.2) is 35.8 Å². The van der Waals surface area contributed by atoms with Crippen molar-refractivity contribution < 1.29 is 9.59 Å². The summed E-state index contributed by atoms with van der Waals surface area (Å²) in [7, 11) is 0. The van der Waals surface area contributed by atoms with Gasteiger partial charge in [0.15, 0.2) is 0 Å². The average Bonchev–Trinajstić information content (AvgIpc) is 2.77. The van der Waals surface area contributed by atoms with E-state index in [1.807, 2.05) is 32.9 Å². The van der Waals surface area contributed by atoms with Gasteiger partial charge in [0.05, 0.1) is 0 Å². The molecule has 1 fully saturated rings. The minimum Gasteiger partial charge on any atom is -0.350 e. The Bertz CT molecular complexity index is 853. The number of carbonyl (C=O) groups excluding carboxylic acids is 2. The van der Waals surface area contributed by atoms with E-state index in [-0.39, 0.29) is 17.7 Å². The number of hydrogen-bond donors (Lipinski definition) is 2. The molecule has 5 nitrogen and oxygen atoms in total. The fourth-order valence-electron chi connectivity index (χ4n) is 3.90. The summed E-state index contributed by atoms with van der Waals surface area (Å²) in [4.78, 5) is 27.8. The van der Waals surface area contributed by atoms with Gasteiger partial charge in [-0.1, -0.05) is 62.2 Å². The van der Waals surface area contributed by atoms with Gasteiger partial charge in [-0.05, 0) is 62.0 Å². The molecule has 0 unspecified atom stereocenters. The molecule has 0 bridgehead atoms. The number of carbonyl (C=O) groups is 2. The second-order valence-electron chi connectivity index (χ2n) is 8.93. The first-order valence-corrected chi connectivity index (χ1v) is 11.4. The molecule has 1 saturated heterocycles. The topological polar surface area (TPSA) is 61.4 Å². The lowest BCUT2D eigenvalue weighted by molar-refractivity contribution is -0.124. The lowest BCUT2D eigenvalue weighted by atomic mass is 10.0. The summed E-state index contributed by atoms with van der Waals surface area (Å²) in [6.07, 6.45) is 3.93. The molecule has 3 rings (SSSR count). The molecule has 2 N–H and O–H groups in total. The Balaban J connectivity index is 1.52. The summed E-state index contributed by atoms with van der Waals surface area (Å²) < 4.78 is 0. The monoisotopic (exact) mass is 421 g/mol. The molecule has 0 aliphatic carbocycles. The van der Waals surface area contributed by atoms with E-state index in [1.165, 1.54) is 37.9 Å². The van der Waals surface area contributed by atoms with Crippen LogP contribution < -0.4 is 10.6 Å². The van der Waals surface area contributed by atoms with E-state index >= 15 is 0 Å². The van der Waals surface area contributed by atoms with Crippen molar-refractivity contribution in [2.24, 2.45) is 5.92 Å². The number of aryl methyl sites for hydroxylation is 1. The molecule has 0 aromatic heterocycles. The fraction of sp³-hybridized carbons (Fsp3) is 0.462. The molecule has 0 saturated carbocycles. The van der Waals surface area contributed by atoms with Crippen LogP contribution in [0.25, 0.3) is 0 Å². The molecular weight excluding hydrogens is 386 g/mol. The van der Waals surface area contributed by atoms with Gasteiger partial charge in [-0.2, -0.15) is 0 Å². The molecular formula is C26H35N3O2. The van der Waals surface area contributed by atoms with Crippen molar-refractivity contribution in [3.63, 3.8) is 0 Å². The number of rotatable bonds is 8. The second-order valence-corrected chi connectivity index (χ2v) is 8.93. The number of likely N-dealkylation sites (tertiary alicyclic amines) is 1. The Morgan fingerprint density at radius 1 is 0.903 bits per heavy atom. The Kier molecular flexibility index (Phi) is 8.24. The van der Waals surface area contributed by atoms with Crippen molar-refractivity contribution in [2.75, 3.05) is 13.1 Å². The first-order chi connectivity index (χ1) is 14.9. The second kappa shape index (κ2) is 11.1. The molecule has 1 aliphatic heterocycles. The summed E-state index contributed by atoms with van der Waals surface area (Å²) in [5.41, 5.74) is 4.02. The first kappa shape index (κ1) is 23.0. The summed E-state index contributed by atoms with van der Waals surface area (Å²) >= 11 is 0. The van der Waals surface area contributed by atoms with Gasteiger partial charge in [-0.3, -0.25) is 14.5 Å². The van der Waals surface area contributed by atoms with Gasteiger partial charge in [0.1, 0.15) is 6.04 Å². The van der Waals surface area contributed by atoms with E-state index in [9.17, 15) is 9.59 Å². The molecule has 5 heteroatoms. The highest BCUT2D eigenvalue weighted by molar-refractivity contribution is 5.97. The van der Waals surface area contributed by atoms with Crippen LogP contribution in [-0.2, 0) is 17.9 Å². The van der Waals surface area contributed by atoms with Gasteiger partial charge in [0, 0.05) is 18.7 Å². The van der Waals surface area contributed by atoms with Crippen molar-refractivity contribution >= 4 is 11.8 Å². The number of nitrogens with one attached hydrogen (secondary N) is 2. The molecule has 2 aromatic rings. The first-order valence-electron chi connectivity index (χ1n) is 11.4. The largest absolute Gasteiger partial charge is 0.350 e. The standard InChI is InChI=1S/C26H35N3O2/c1-19(2)24(28-25(30)23-13-7-20(3)8-14-23)26(31)27-17-21-9-11-22(12-10-21)18-29-15-5-4-6-16-29/h7-14,19,24H,4-6,15-18H2,1-3H3,(H,27,31)(H,28,30)/t24-/m0/s1. The lowest BCUT2D eigenvalue weighted by Crippen LogP contribution is -2.49. The molecule has 0 spiro atoms. The van der Waals surface area contributed by atoms with E-state index in [1.54, 1.807) is 12.1 Å². The summed E-state index contributed by atoms with van der Waals surface area (Å²) in [5, 5.41) is 5.87. The molecule has 2 amide bonds. The van der Waals surface area contributed by atoms with Gasteiger partial charge in [0.2, 0.25) is 5.91 Å². The van der Waals surface area contributed by atoms with Crippen LogP contribution in [0.4, 0.5) is 0 Å². The van der Waals surface area contributed by atoms with Gasteiger partial charge < -0.3 is 10.6 Å². The van der Waals surface area contributed by atoms with Crippen molar-refractivity contribution in [1.82, 2.24) is 15.5 Å². The zero-order valence-electron chi connectivity index (χ0n) is 19.0. The molecule has 1 heterocycles. The van der Waals surface area contributed by atoms with Crippen molar-refractivity contribution in [3.05, 3.63) is 70.8 Å². The Morgan fingerprint density at radius 2 is 1.52 bits per heavy atom. The van der Waals surface area contributed by atoms with E-state index in [0.29, 0.717) is 12.1 Å². The van der Waals surface area contributed by atoms with Crippen molar-refractivity contribution in [1.29, 1.82) is 0 Å². The van der Waals surface area contributed by atoms with Crippen LogP contribution in [0.5, 0.6) is 0 Å². The van der Waals surface area contributed by atoms with Crippen LogP contribution in [0.2, 0.25) is 0 Å². The number of benzene rings is 2. The minimum atomic E-state index is -0.577. The third kappa shape index (κ3) is 6.93. The summed E-state index contributed by atoms with van der Waals surface area (Å²) in [6.45, 7) is 9.67. The summed E-state index contributed by atoms with van der Waals surface area (Å²) in [6, 6.07) is 15.2.